The van der Waals surface area contributed by atoms with Crippen molar-refractivity contribution in [3.8, 4) is 11.5 Å². The van der Waals surface area contributed by atoms with Gasteiger partial charge in [0.25, 0.3) is 5.91 Å². The lowest BCUT2D eigenvalue weighted by Gasteiger charge is -2.07. The predicted molar refractivity (Wildman–Crippen MR) is 94.2 cm³/mol. The Balaban J connectivity index is 1.30. The van der Waals surface area contributed by atoms with E-state index in [-0.39, 0.29) is 19.8 Å². The molecule has 3 aromatic rings. The van der Waals surface area contributed by atoms with Crippen molar-refractivity contribution < 1.29 is 23.8 Å². The number of para-hydroxylation sites is 1. The topological polar surface area (TPSA) is 89.7 Å². The van der Waals surface area contributed by atoms with Crippen molar-refractivity contribution in [2.45, 2.75) is 6.42 Å². The van der Waals surface area contributed by atoms with Gasteiger partial charge in [0.1, 0.15) is 0 Å². The number of hydrogen-bond donors (Lipinski definition) is 2. The predicted octanol–water partition coefficient (Wildman–Crippen LogP) is 2.62. The zero-order valence-electron chi connectivity index (χ0n) is 13.8. The zero-order valence-corrected chi connectivity index (χ0v) is 13.8. The van der Waals surface area contributed by atoms with Crippen LogP contribution in [0.25, 0.3) is 10.9 Å². The van der Waals surface area contributed by atoms with Crippen LogP contribution in [0, 0.1) is 0 Å². The van der Waals surface area contributed by atoms with Crippen LogP contribution in [0.15, 0.2) is 48.7 Å². The Bertz CT molecular complexity index is 979. The molecule has 1 aromatic heterocycles. The number of nitrogens with one attached hydrogen (secondary N) is 2. The molecule has 7 nitrogen and oxygen atoms in total. The van der Waals surface area contributed by atoms with E-state index in [1.165, 1.54) is 0 Å². The van der Waals surface area contributed by atoms with Gasteiger partial charge in [-0.15, -0.1) is 0 Å². The number of ether oxygens (including phenoxy) is 3. The van der Waals surface area contributed by atoms with E-state index in [9.17, 15) is 9.59 Å². The van der Waals surface area contributed by atoms with Crippen LogP contribution in [0.2, 0.25) is 0 Å². The third kappa shape index (κ3) is 3.32. The molecule has 0 spiro atoms. The largest absolute Gasteiger partial charge is 0.455 e. The van der Waals surface area contributed by atoms with Gasteiger partial charge in [0.15, 0.2) is 18.1 Å². The van der Waals surface area contributed by atoms with E-state index in [1.54, 1.807) is 24.4 Å². The van der Waals surface area contributed by atoms with Crippen LogP contribution in [-0.4, -0.2) is 30.3 Å². The van der Waals surface area contributed by atoms with E-state index >= 15 is 0 Å². The maximum Gasteiger partial charge on any atom is 0.310 e. The Morgan fingerprint density at radius 3 is 2.88 bits per heavy atom. The fourth-order valence-electron chi connectivity index (χ4n) is 2.80. The zero-order chi connectivity index (χ0) is 17.9. The average molecular weight is 352 g/mol. The number of carbonyl (C=O) groups is 2. The molecule has 0 bridgehead atoms. The summed E-state index contributed by atoms with van der Waals surface area (Å²) in [5.41, 5.74) is 2.34. The number of fused-ring (bicyclic) bond motifs is 2. The summed E-state index contributed by atoms with van der Waals surface area (Å²) in [6, 6.07) is 12.8. The highest BCUT2D eigenvalue weighted by atomic mass is 16.7. The highest BCUT2D eigenvalue weighted by Gasteiger charge is 2.15. The van der Waals surface area contributed by atoms with Gasteiger partial charge in [0.05, 0.1) is 6.42 Å². The first-order valence-corrected chi connectivity index (χ1v) is 8.09. The standard InChI is InChI=1S/C19H16N2O5/c22-18(21-13-5-6-16-17(8-13)26-11-25-16)10-24-19(23)7-12-9-20-15-4-2-1-3-14(12)15/h1-6,8-9,20H,7,10-11H2,(H,21,22). The van der Waals surface area contributed by atoms with Gasteiger partial charge in [-0.3, -0.25) is 9.59 Å². The molecule has 2 N–H and O–H groups in total. The minimum absolute atomic E-state index is 0.0985. The van der Waals surface area contributed by atoms with Crippen LogP contribution in [0.4, 0.5) is 5.69 Å². The van der Waals surface area contributed by atoms with E-state index in [0.717, 1.165) is 16.5 Å². The summed E-state index contributed by atoms with van der Waals surface area (Å²) in [5, 5.41) is 3.62. The third-order valence-corrected chi connectivity index (χ3v) is 4.03. The maximum atomic E-state index is 12.0. The maximum absolute atomic E-state index is 12.0. The first-order chi connectivity index (χ1) is 12.7. The van der Waals surface area contributed by atoms with Crippen molar-refractivity contribution in [1.82, 2.24) is 4.98 Å². The third-order valence-electron chi connectivity index (χ3n) is 4.03. The molecule has 132 valence electrons. The van der Waals surface area contributed by atoms with Gasteiger partial charge >= 0.3 is 5.97 Å². The van der Waals surface area contributed by atoms with Crippen molar-refractivity contribution >= 4 is 28.5 Å². The second-order valence-corrected chi connectivity index (χ2v) is 5.81. The number of esters is 1. The molecule has 1 aliphatic heterocycles. The van der Waals surface area contributed by atoms with Crippen molar-refractivity contribution in [2.75, 3.05) is 18.7 Å². The quantitative estimate of drug-likeness (QED) is 0.689. The Hall–Kier alpha value is -3.48. The monoisotopic (exact) mass is 352 g/mol. The Morgan fingerprint density at radius 2 is 1.96 bits per heavy atom. The van der Waals surface area contributed by atoms with Crippen LogP contribution >= 0.6 is 0 Å². The fraction of sp³-hybridized carbons (Fsp3) is 0.158. The molecule has 0 atom stereocenters. The fourth-order valence-corrected chi connectivity index (χ4v) is 2.80. The highest BCUT2D eigenvalue weighted by Crippen LogP contribution is 2.34. The number of H-pyrrole nitrogens is 1. The lowest BCUT2D eigenvalue weighted by molar-refractivity contribution is -0.146. The molecular formula is C19H16N2O5. The normalized spacial score (nSPS) is 12.2. The van der Waals surface area contributed by atoms with E-state index in [2.05, 4.69) is 10.3 Å². The smallest absolute Gasteiger partial charge is 0.310 e. The van der Waals surface area contributed by atoms with Crippen molar-refractivity contribution in [3.05, 3.63) is 54.2 Å². The second-order valence-electron chi connectivity index (χ2n) is 5.81. The molecule has 4 rings (SSSR count). The molecule has 0 saturated heterocycles. The molecule has 1 amide bonds. The first-order valence-electron chi connectivity index (χ1n) is 8.09. The number of hydrogen-bond acceptors (Lipinski definition) is 5. The number of rotatable bonds is 5. The van der Waals surface area contributed by atoms with E-state index in [1.807, 2.05) is 24.3 Å². The van der Waals surface area contributed by atoms with Gasteiger partial charge in [-0.1, -0.05) is 18.2 Å². The van der Waals surface area contributed by atoms with Gasteiger partial charge in [0.2, 0.25) is 6.79 Å². The summed E-state index contributed by atoms with van der Waals surface area (Å²) < 4.78 is 15.5. The van der Waals surface area contributed by atoms with Crippen LogP contribution in [0.5, 0.6) is 11.5 Å². The van der Waals surface area contributed by atoms with Crippen molar-refractivity contribution in [3.63, 3.8) is 0 Å². The van der Waals surface area contributed by atoms with E-state index in [0.29, 0.717) is 17.2 Å². The molecule has 0 unspecified atom stereocenters. The molecule has 2 heterocycles. The molecule has 0 saturated carbocycles. The average Bonchev–Trinajstić information content (AvgIpc) is 3.27. The van der Waals surface area contributed by atoms with E-state index in [4.69, 9.17) is 14.2 Å². The lowest BCUT2D eigenvalue weighted by atomic mass is 10.1. The van der Waals surface area contributed by atoms with Crippen LogP contribution in [0.3, 0.4) is 0 Å². The number of aromatic amines is 1. The van der Waals surface area contributed by atoms with E-state index < -0.39 is 11.9 Å². The number of aromatic nitrogens is 1. The molecular weight excluding hydrogens is 336 g/mol. The minimum Gasteiger partial charge on any atom is -0.455 e. The van der Waals surface area contributed by atoms with Crippen LogP contribution in [0.1, 0.15) is 5.56 Å². The van der Waals surface area contributed by atoms with Crippen molar-refractivity contribution in [1.29, 1.82) is 0 Å². The van der Waals surface area contributed by atoms with Gasteiger partial charge in [-0.25, -0.2) is 0 Å². The molecule has 0 radical (unpaired) electrons. The Kier molecular flexibility index (Phi) is 4.18. The molecule has 2 aromatic carbocycles. The molecule has 1 aliphatic rings. The highest BCUT2D eigenvalue weighted by molar-refractivity contribution is 5.93. The summed E-state index contributed by atoms with van der Waals surface area (Å²) in [4.78, 5) is 27.1. The summed E-state index contributed by atoms with van der Waals surface area (Å²) in [6.45, 7) is -0.187. The summed E-state index contributed by atoms with van der Waals surface area (Å²) in [5.74, 6) is 0.319. The molecule has 0 fully saturated rings. The van der Waals surface area contributed by atoms with Gasteiger partial charge in [-0.05, 0) is 23.8 Å². The number of benzene rings is 2. The molecule has 7 heteroatoms. The Morgan fingerprint density at radius 1 is 1.12 bits per heavy atom. The van der Waals surface area contributed by atoms with Gasteiger partial charge in [0, 0.05) is 28.9 Å². The summed E-state index contributed by atoms with van der Waals surface area (Å²) in [6.07, 6.45) is 1.87. The van der Waals surface area contributed by atoms with Gasteiger partial charge in [-0.2, -0.15) is 0 Å². The SMILES string of the molecule is O=C(COC(=O)Cc1c[nH]c2ccccc12)Nc1ccc2c(c1)OCO2. The number of anilines is 1. The van der Waals surface area contributed by atoms with Crippen molar-refractivity contribution in [2.24, 2.45) is 0 Å². The van der Waals surface area contributed by atoms with Crippen LogP contribution in [-0.2, 0) is 20.7 Å². The van der Waals surface area contributed by atoms with Gasteiger partial charge < -0.3 is 24.5 Å². The molecule has 0 aliphatic carbocycles. The minimum atomic E-state index is -0.462. The Labute approximate surface area is 148 Å². The summed E-state index contributed by atoms with van der Waals surface area (Å²) >= 11 is 0. The summed E-state index contributed by atoms with van der Waals surface area (Å²) in [7, 11) is 0. The molecule has 26 heavy (non-hydrogen) atoms. The second kappa shape index (κ2) is 6.79. The first kappa shape index (κ1) is 16.0. The number of amides is 1. The lowest BCUT2D eigenvalue weighted by Crippen LogP contribution is -2.21. The van der Waals surface area contributed by atoms with Crippen LogP contribution < -0.4 is 14.8 Å². The number of carbonyl (C=O) groups excluding carboxylic acids is 2.